The second-order valence-electron chi connectivity index (χ2n) is 10.1. The molecule has 4 N–H and O–H groups in total. The van der Waals surface area contributed by atoms with E-state index in [0.717, 1.165) is 42.6 Å². The third-order valence-corrected chi connectivity index (χ3v) is 7.54. The first-order chi connectivity index (χ1) is 17.5. The number of hydrogen-bond donors (Lipinski definition) is 4. The van der Waals surface area contributed by atoms with Crippen molar-refractivity contribution in [1.29, 1.82) is 0 Å². The van der Waals surface area contributed by atoms with Crippen LogP contribution in [0.25, 0.3) is 0 Å². The Hall–Kier alpha value is -3.10. The molecule has 36 heavy (non-hydrogen) atoms. The summed E-state index contributed by atoms with van der Waals surface area (Å²) in [4.78, 5) is 25.3. The predicted octanol–water partition coefficient (Wildman–Crippen LogP) is 4.01. The molecule has 2 fully saturated rings. The first-order valence-electron chi connectivity index (χ1n) is 13.0. The molecule has 0 aromatic heterocycles. The molecule has 0 radical (unpaired) electrons. The van der Waals surface area contributed by atoms with Gasteiger partial charge < -0.3 is 30.5 Å². The Morgan fingerprint density at radius 1 is 1.11 bits per heavy atom. The van der Waals surface area contributed by atoms with E-state index in [4.69, 9.17) is 9.47 Å². The van der Waals surface area contributed by atoms with E-state index in [9.17, 15) is 14.7 Å². The highest BCUT2D eigenvalue weighted by atomic mass is 16.6. The van der Waals surface area contributed by atoms with Crippen molar-refractivity contribution < 1.29 is 24.2 Å². The summed E-state index contributed by atoms with van der Waals surface area (Å²) in [6.07, 6.45) is 3.97. The third kappa shape index (κ3) is 5.50. The van der Waals surface area contributed by atoms with Gasteiger partial charge in [-0.15, -0.1) is 0 Å². The molecule has 8 nitrogen and oxygen atoms in total. The molecule has 5 atom stereocenters. The lowest BCUT2D eigenvalue weighted by Gasteiger charge is -2.37. The number of nitrogens with one attached hydrogen (secondary N) is 3. The molecule has 2 aromatic rings. The van der Waals surface area contributed by atoms with Crippen molar-refractivity contribution in [3.8, 4) is 5.75 Å². The predicted molar refractivity (Wildman–Crippen MR) is 136 cm³/mol. The van der Waals surface area contributed by atoms with Gasteiger partial charge in [0.2, 0.25) is 5.91 Å². The summed E-state index contributed by atoms with van der Waals surface area (Å²) < 4.78 is 12.2. The highest BCUT2D eigenvalue weighted by Crippen LogP contribution is 2.47. The normalized spacial score (nSPS) is 25.8. The zero-order valence-corrected chi connectivity index (χ0v) is 20.6. The minimum Gasteiger partial charge on any atom is -0.487 e. The van der Waals surface area contributed by atoms with Crippen molar-refractivity contribution in [3.05, 3.63) is 59.7 Å². The first kappa shape index (κ1) is 24.6. The van der Waals surface area contributed by atoms with Gasteiger partial charge >= 0.3 is 6.03 Å². The Morgan fingerprint density at radius 3 is 2.64 bits per heavy atom. The molecule has 2 aromatic carbocycles. The van der Waals surface area contributed by atoms with Crippen molar-refractivity contribution in [3.63, 3.8) is 0 Å². The maximum absolute atomic E-state index is 12.8. The quantitative estimate of drug-likeness (QED) is 0.466. The molecule has 1 aliphatic carbocycles. The second-order valence-corrected chi connectivity index (χ2v) is 10.1. The smallest absolute Gasteiger partial charge is 0.319 e. The SMILES string of the molecule is C[C@H](NC(=O)C[C@@H]1C[C@H]2c3cc(NC(=O)NC4CCCC4)ccc3O[C@H]2[C@@H](CO)O1)c1ccccc1. The number of fused-ring (bicyclic) bond motifs is 3. The van der Waals surface area contributed by atoms with Crippen LogP contribution in [0, 0.1) is 0 Å². The standard InChI is InChI=1S/C28H35N3O5/c1-17(18-7-3-2-4-8-18)29-26(33)15-21-14-23-22-13-20(31-28(34)30-19-9-5-6-10-19)11-12-24(22)36-27(23)25(16-32)35-21/h2-4,7-8,11-13,17,19,21,23,25,27,32H,5-6,9-10,14-16H2,1H3,(H,29,33)(H2,30,31,34)/t17-,21-,23-,25+,27+/m0/s1. The van der Waals surface area contributed by atoms with E-state index in [0.29, 0.717) is 12.1 Å². The summed E-state index contributed by atoms with van der Waals surface area (Å²) in [5.41, 5.74) is 2.72. The summed E-state index contributed by atoms with van der Waals surface area (Å²) in [7, 11) is 0. The summed E-state index contributed by atoms with van der Waals surface area (Å²) in [5.74, 6) is 0.608. The summed E-state index contributed by atoms with van der Waals surface area (Å²) in [6, 6.07) is 15.4. The number of carbonyl (C=O) groups is 2. The molecule has 0 spiro atoms. The minimum atomic E-state index is -0.525. The Bertz CT molecular complexity index is 1070. The van der Waals surface area contributed by atoms with Gasteiger partial charge in [0.1, 0.15) is 18.0 Å². The van der Waals surface area contributed by atoms with Crippen molar-refractivity contribution in [1.82, 2.24) is 10.6 Å². The number of aliphatic hydroxyl groups excluding tert-OH is 1. The fourth-order valence-electron chi connectivity index (χ4n) is 5.72. The van der Waals surface area contributed by atoms with E-state index in [1.165, 1.54) is 0 Å². The van der Waals surface area contributed by atoms with Crippen LogP contribution in [-0.4, -0.2) is 48.0 Å². The molecule has 0 bridgehead atoms. The Kier molecular flexibility index (Phi) is 7.43. The molecule has 3 aliphatic rings. The first-order valence-corrected chi connectivity index (χ1v) is 13.0. The zero-order chi connectivity index (χ0) is 25.1. The van der Waals surface area contributed by atoms with Gasteiger partial charge in [-0.05, 0) is 49.9 Å². The van der Waals surface area contributed by atoms with E-state index in [2.05, 4.69) is 16.0 Å². The fourth-order valence-corrected chi connectivity index (χ4v) is 5.72. The fraction of sp³-hybridized carbons (Fsp3) is 0.500. The number of amides is 3. The number of anilines is 1. The number of carbonyl (C=O) groups excluding carboxylic acids is 2. The average Bonchev–Trinajstić information content (AvgIpc) is 3.51. The average molecular weight is 494 g/mol. The molecule has 8 heteroatoms. The van der Waals surface area contributed by atoms with E-state index in [-0.39, 0.29) is 55.2 Å². The van der Waals surface area contributed by atoms with Crippen LogP contribution in [0.4, 0.5) is 10.5 Å². The molecule has 2 heterocycles. The molecule has 192 valence electrons. The van der Waals surface area contributed by atoms with E-state index in [1.54, 1.807) is 0 Å². The van der Waals surface area contributed by atoms with Gasteiger partial charge in [-0.25, -0.2) is 4.79 Å². The second kappa shape index (κ2) is 10.9. The van der Waals surface area contributed by atoms with Gasteiger partial charge in [-0.3, -0.25) is 4.79 Å². The molecular formula is C28H35N3O5. The Labute approximate surface area is 211 Å². The molecular weight excluding hydrogens is 458 g/mol. The van der Waals surface area contributed by atoms with Crippen LogP contribution in [0.5, 0.6) is 5.75 Å². The van der Waals surface area contributed by atoms with Gasteiger partial charge in [0.05, 0.1) is 25.2 Å². The van der Waals surface area contributed by atoms with E-state index < -0.39 is 6.10 Å². The lowest BCUT2D eigenvalue weighted by atomic mass is 9.84. The lowest BCUT2D eigenvalue weighted by Crippen LogP contribution is -2.47. The molecule has 1 saturated carbocycles. The van der Waals surface area contributed by atoms with Gasteiger partial charge in [0.15, 0.2) is 0 Å². The van der Waals surface area contributed by atoms with Crippen LogP contribution in [0.3, 0.4) is 0 Å². The highest BCUT2D eigenvalue weighted by Gasteiger charge is 2.46. The van der Waals surface area contributed by atoms with Crippen LogP contribution in [-0.2, 0) is 9.53 Å². The maximum atomic E-state index is 12.8. The topological polar surface area (TPSA) is 109 Å². The van der Waals surface area contributed by atoms with Gasteiger partial charge in [-0.1, -0.05) is 43.2 Å². The van der Waals surface area contributed by atoms with Crippen molar-refractivity contribution in [2.24, 2.45) is 0 Å². The van der Waals surface area contributed by atoms with Crippen LogP contribution in [0.15, 0.2) is 48.5 Å². The van der Waals surface area contributed by atoms with Gasteiger partial charge in [0.25, 0.3) is 0 Å². The number of ether oxygens (including phenoxy) is 2. The number of rotatable bonds is 7. The van der Waals surface area contributed by atoms with Crippen LogP contribution >= 0.6 is 0 Å². The summed E-state index contributed by atoms with van der Waals surface area (Å²) in [5, 5.41) is 19.0. The molecule has 3 amide bonds. The van der Waals surface area contributed by atoms with E-state index >= 15 is 0 Å². The molecule has 5 rings (SSSR count). The summed E-state index contributed by atoms with van der Waals surface area (Å²) >= 11 is 0. The minimum absolute atomic E-state index is 0.0325. The van der Waals surface area contributed by atoms with Crippen LogP contribution in [0.2, 0.25) is 0 Å². The maximum Gasteiger partial charge on any atom is 0.319 e. The lowest BCUT2D eigenvalue weighted by molar-refractivity contribution is -0.142. The van der Waals surface area contributed by atoms with Crippen molar-refractivity contribution in [2.45, 2.75) is 81.8 Å². The van der Waals surface area contributed by atoms with Crippen LogP contribution < -0.4 is 20.7 Å². The Morgan fingerprint density at radius 2 is 1.89 bits per heavy atom. The number of hydrogen-bond acceptors (Lipinski definition) is 5. The zero-order valence-electron chi connectivity index (χ0n) is 20.6. The summed E-state index contributed by atoms with van der Waals surface area (Å²) in [6.45, 7) is 1.77. The number of urea groups is 1. The largest absolute Gasteiger partial charge is 0.487 e. The monoisotopic (exact) mass is 493 g/mol. The van der Waals surface area contributed by atoms with E-state index in [1.807, 2.05) is 55.5 Å². The van der Waals surface area contributed by atoms with Gasteiger partial charge in [-0.2, -0.15) is 0 Å². The molecule has 2 aliphatic heterocycles. The van der Waals surface area contributed by atoms with Crippen molar-refractivity contribution in [2.75, 3.05) is 11.9 Å². The highest BCUT2D eigenvalue weighted by molar-refractivity contribution is 5.89. The molecule has 0 unspecified atom stereocenters. The Balaban J connectivity index is 1.23. The van der Waals surface area contributed by atoms with Crippen molar-refractivity contribution >= 4 is 17.6 Å². The number of aliphatic hydroxyl groups is 1. The van der Waals surface area contributed by atoms with Crippen LogP contribution in [0.1, 0.15) is 68.5 Å². The third-order valence-electron chi connectivity index (χ3n) is 7.54. The molecule has 1 saturated heterocycles. The number of benzene rings is 2. The van der Waals surface area contributed by atoms with Gasteiger partial charge in [0, 0.05) is 23.2 Å².